The van der Waals surface area contributed by atoms with E-state index in [0.29, 0.717) is 18.0 Å². The lowest BCUT2D eigenvalue weighted by Gasteiger charge is -2.35. The molecule has 17 heavy (non-hydrogen) atoms. The third kappa shape index (κ3) is 2.82. The minimum absolute atomic E-state index is 0.180. The summed E-state index contributed by atoms with van der Waals surface area (Å²) in [6.07, 6.45) is 4.72. The molecule has 0 radical (unpaired) electrons. The molecule has 1 amide bonds. The molecule has 3 heteroatoms. The molecule has 1 aliphatic heterocycles. The van der Waals surface area contributed by atoms with Gasteiger partial charge in [0.25, 0.3) is 0 Å². The first-order valence-electron chi connectivity index (χ1n) is 7.13. The standard InChI is InChI=1S/C14H26N2O/c1-9-5-4-6-13(10(9)2)16-14(17)12-7-8-15-11(12)3/h9-13,15H,4-8H2,1-3H3,(H,16,17). The number of carbonyl (C=O) groups excluding carboxylic acids is 1. The zero-order valence-electron chi connectivity index (χ0n) is 11.3. The van der Waals surface area contributed by atoms with Crippen molar-refractivity contribution in [3.8, 4) is 0 Å². The summed E-state index contributed by atoms with van der Waals surface area (Å²) in [7, 11) is 0. The van der Waals surface area contributed by atoms with E-state index in [1.165, 1.54) is 12.8 Å². The Morgan fingerprint density at radius 2 is 1.94 bits per heavy atom. The Balaban J connectivity index is 1.89. The van der Waals surface area contributed by atoms with Crippen LogP contribution in [0.1, 0.15) is 46.5 Å². The van der Waals surface area contributed by atoms with Crippen LogP contribution in [0.15, 0.2) is 0 Å². The van der Waals surface area contributed by atoms with Crippen LogP contribution in [0.2, 0.25) is 0 Å². The fourth-order valence-corrected chi connectivity index (χ4v) is 3.29. The van der Waals surface area contributed by atoms with Gasteiger partial charge in [0.2, 0.25) is 5.91 Å². The Morgan fingerprint density at radius 3 is 2.59 bits per heavy atom. The van der Waals surface area contributed by atoms with Gasteiger partial charge in [0.15, 0.2) is 0 Å². The first-order valence-corrected chi connectivity index (χ1v) is 7.13. The first kappa shape index (κ1) is 12.9. The number of hydrogen-bond donors (Lipinski definition) is 2. The molecule has 2 rings (SSSR count). The molecule has 2 fully saturated rings. The van der Waals surface area contributed by atoms with Crippen LogP contribution in [0, 0.1) is 17.8 Å². The van der Waals surface area contributed by atoms with Crippen molar-refractivity contribution in [3.05, 3.63) is 0 Å². The second-order valence-electron chi connectivity index (χ2n) is 6.02. The lowest BCUT2D eigenvalue weighted by molar-refractivity contribution is -0.126. The normalized spacial score (nSPS) is 42.4. The van der Waals surface area contributed by atoms with Gasteiger partial charge in [-0.2, -0.15) is 0 Å². The highest BCUT2D eigenvalue weighted by Crippen LogP contribution is 2.30. The molecule has 5 atom stereocenters. The molecular formula is C14H26N2O. The second-order valence-corrected chi connectivity index (χ2v) is 6.02. The molecule has 0 bridgehead atoms. The van der Waals surface area contributed by atoms with Crippen LogP contribution in [0.4, 0.5) is 0 Å². The highest BCUT2D eigenvalue weighted by atomic mass is 16.2. The molecule has 1 saturated heterocycles. The summed E-state index contributed by atoms with van der Waals surface area (Å²) >= 11 is 0. The van der Waals surface area contributed by atoms with Gasteiger partial charge in [-0.05, 0) is 38.1 Å². The molecule has 0 spiro atoms. The van der Waals surface area contributed by atoms with Crippen LogP contribution in [-0.2, 0) is 4.79 Å². The van der Waals surface area contributed by atoms with Crippen molar-refractivity contribution in [2.24, 2.45) is 17.8 Å². The molecule has 5 unspecified atom stereocenters. The number of nitrogens with one attached hydrogen (secondary N) is 2. The van der Waals surface area contributed by atoms with Gasteiger partial charge in [0.05, 0.1) is 5.92 Å². The lowest BCUT2D eigenvalue weighted by atomic mass is 9.78. The number of carbonyl (C=O) groups is 1. The minimum atomic E-state index is 0.180. The van der Waals surface area contributed by atoms with Gasteiger partial charge in [-0.15, -0.1) is 0 Å². The Morgan fingerprint density at radius 1 is 1.18 bits per heavy atom. The van der Waals surface area contributed by atoms with Crippen molar-refractivity contribution in [1.29, 1.82) is 0 Å². The maximum atomic E-state index is 12.2. The Bertz CT molecular complexity index is 279. The highest BCUT2D eigenvalue weighted by Gasteiger charge is 2.33. The molecule has 1 aliphatic carbocycles. The zero-order chi connectivity index (χ0) is 12.4. The van der Waals surface area contributed by atoms with Crippen LogP contribution in [-0.4, -0.2) is 24.5 Å². The molecule has 1 heterocycles. The third-order valence-electron chi connectivity index (χ3n) is 4.90. The molecule has 2 N–H and O–H groups in total. The predicted molar refractivity (Wildman–Crippen MR) is 69.7 cm³/mol. The highest BCUT2D eigenvalue weighted by molar-refractivity contribution is 5.80. The van der Waals surface area contributed by atoms with Crippen LogP contribution < -0.4 is 10.6 Å². The molecule has 2 aliphatic rings. The van der Waals surface area contributed by atoms with E-state index in [4.69, 9.17) is 0 Å². The fraction of sp³-hybridized carbons (Fsp3) is 0.929. The van der Waals surface area contributed by atoms with Crippen molar-refractivity contribution in [3.63, 3.8) is 0 Å². The number of amides is 1. The summed E-state index contributed by atoms with van der Waals surface area (Å²) in [6.45, 7) is 7.69. The number of hydrogen-bond acceptors (Lipinski definition) is 2. The maximum absolute atomic E-state index is 12.2. The maximum Gasteiger partial charge on any atom is 0.224 e. The van der Waals surface area contributed by atoms with E-state index in [0.717, 1.165) is 25.3 Å². The molecule has 98 valence electrons. The van der Waals surface area contributed by atoms with Crippen molar-refractivity contribution >= 4 is 5.91 Å². The Hall–Kier alpha value is -0.570. The van der Waals surface area contributed by atoms with Gasteiger partial charge in [-0.1, -0.05) is 26.7 Å². The minimum Gasteiger partial charge on any atom is -0.353 e. The van der Waals surface area contributed by atoms with E-state index >= 15 is 0 Å². The Kier molecular flexibility index (Phi) is 4.08. The molecule has 1 saturated carbocycles. The third-order valence-corrected chi connectivity index (χ3v) is 4.90. The molecule has 0 aromatic rings. The fourth-order valence-electron chi connectivity index (χ4n) is 3.29. The topological polar surface area (TPSA) is 41.1 Å². The van der Waals surface area contributed by atoms with Crippen molar-refractivity contribution < 1.29 is 4.79 Å². The lowest BCUT2D eigenvalue weighted by Crippen LogP contribution is -2.47. The Labute approximate surface area is 105 Å². The SMILES string of the molecule is CC1CCCC(NC(=O)C2CCNC2C)C1C. The van der Waals surface area contributed by atoms with E-state index in [-0.39, 0.29) is 11.8 Å². The van der Waals surface area contributed by atoms with Gasteiger partial charge in [0, 0.05) is 12.1 Å². The first-order chi connectivity index (χ1) is 8.09. The average molecular weight is 238 g/mol. The molecule has 0 aromatic heterocycles. The predicted octanol–water partition coefficient (Wildman–Crippen LogP) is 1.93. The summed E-state index contributed by atoms with van der Waals surface area (Å²) in [4.78, 5) is 12.2. The average Bonchev–Trinajstić information content (AvgIpc) is 2.71. The smallest absolute Gasteiger partial charge is 0.224 e. The van der Waals surface area contributed by atoms with Gasteiger partial charge in [-0.3, -0.25) is 4.79 Å². The van der Waals surface area contributed by atoms with Crippen molar-refractivity contribution in [2.45, 2.75) is 58.5 Å². The van der Waals surface area contributed by atoms with Crippen LogP contribution >= 0.6 is 0 Å². The van der Waals surface area contributed by atoms with Crippen molar-refractivity contribution in [2.75, 3.05) is 6.54 Å². The summed E-state index contributed by atoms with van der Waals surface area (Å²) in [5.41, 5.74) is 0. The molecule has 3 nitrogen and oxygen atoms in total. The summed E-state index contributed by atoms with van der Waals surface area (Å²) < 4.78 is 0. The van der Waals surface area contributed by atoms with Crippen LogP contribution in [0.3, 0.4) is 0 Å². The van der Waals surface area contributed by atoms with Crippen LogP contribution in [0.25, 0.3) is 0 Å². The van der Waals surface area contributed by atoms with E-state index in [2.05, 4.69) is 31.4 Å². The largest absolute Gasteiger partial charge is 0.353 e. The molecule has 0 aromatic carbocycles. The van der Waals surface area contributed by atoms with E-state index in [9.17, 15) is 4.79 Å². The summed E-state index contributed by atoms with van der Waals surface area (Å²) in [6, 6.07) is 0.741. The summed E-state index contributed by atoms with van der Waals surface area (Å²) in [5, 5.41) is 6.64. The zero-order valence-corrected chi connectivity index (χ0v) is 11.3. The van der Waals surface area contributed by atoms with Gasteiger partial charge in [-0.25, -0.2) is 0 Å². The van der Waals surface area contributed by atoms with Crippen molar-refractivity contribution in [1.82, 2.24) is 10.6 Å². The van der Waals surface area contributed by atoms with Gasteiger partial charge in [0.1, 0.15) is 0 Å². The van der Waals surface area contributed by atoms with E-state index in [1.54, 1.807) is 0 Å². The molecular weight excluding hydrogens is 212 g/mol. The monoisotopic (exact) mass is 238 g/mol. The summed E-state index contributed by atoms with van der Waals surface area (Å²) in [5.74, 6) is 1.82. The number of rotatable bonds is 2. The quantitative estimate of drug-likeness (QED) is 0.772. The second kappa shape index (κ2) is 5.38. The van der Waals surface area contributed by atoms with E-state index < -0.39 is 0 Å². The van der Waals surface area contributed by atoms with Crippen LogP contribution in [0.5, 0.6) is 0 Å². The van der Waals surface area contributed by atoms with Gasteiger partial charge < -0.3 is 10.6 Å². The van der Waals surface area contributed by atoms with Gasteiger partial charge >= 0.3 is 0 Å². The van der Waals surface area contributed by atoms with E-state index in [1.807, 2.05) is 0 Å².